The Labute approximate surface area is 202 Å². The molecule has 0 fully saturated rings. The topological polar surface area (TPSA) is 124 Å². The Morgan fingerprint density at radius 3 is 2.20 bits per heavy atom. The highest BCUT2D eigenvalue weighted by molar-refractivity contribution is 7.89. The van der Waals surface area contributed by atoms with Crippen LogP contribution in [0.4, 0.5) is 13.2 Å². The Kier molecular flexibility index (Phi) is 8.09. The van der Waals surface area contributed by atoms with Crippen LogP contribution in [0.1, 0.15) is 28.9 Å². The van der Waals surface area contributed by atoms with Crippen molar-refractivity contribution in [3.05, 3.63) is 65.9 Å². The SMILES string of the molecule is NS(=O)(=O)c1ccc(-n2nc(C(F)(F)F)c(C(=O)CCC(=O)NCCP)c2-c2ccccc2)cc1. The second-order valence-electron chi connectivity index (χ2n) is 7.45. The fourth-order valence-electron chi connectivity index (χ4n) is 3.36. The minimum absolute atomic E-state index is 0.0824. The minimum atomic E-state index is -4.97. The molecular weight excluding hydrogens is 504 g/mol. The summed E-state index contributed by atoms with van der Waals surface area (Å²) in [5.74, 6) is -1.36. The van der Waals surface area contributed by atoms with Crippen LogP contribution in [-0.4, -0.2) is 42.6 Å². The summed E-state index contributed by atoms with van der Waals surface area (Å²) in [7, 11) is -1.61. The maximum Gasteiger partial charge on any atom is 0.435 e. The predicted molar refractivity (Wildman–Crippen MR) is 127 cm³/mol. The maximum absolute atomic E-state index is 14.0. The molecule has 2 aromatic carbocycles. The van der Waals surface area contributed by atoms with Crippen molar-refractivity contribution in [2.45, 2.75) is 23.9 Å². The van der Waals surface area contributed by atoms with E-state index in [1.165, 1.54) is 24.3 Å². The van der Waals surface area contributed by atoms with Crippen LogP contribution in [0.2, 0.25) is 0 Å². The number of primary sulfonamides is 1. The van der Waals surface area contributed by atoms with Gasteiger partial charge in [0.05, 0.1) is 21.8 Å². The molecule has 3 N–H and O–H groups in total. The van der Waals surface area contributed by atoms with Crippen LogP contribution in [0.25, 0.3) is 16.9 Å². The van der Waals surface area contributed by atoms with Crippen molar-refractivity contribution in [3.63, 3.8) is 0 Å². The molecule has 3 aromatic rings. The number of carbonyl (C=O) groups excluding carboxylic acids is 2. The molecule has 0 saturated carbocycles. The Hall–Kier alpha value is -3.08. The summed E-state index contributed by atoms with van der Waals surface area (Å²) in [6, 6.07) is 12.6. The molecule has 1 amide bonds. The molecule has 0 aliphatic carbocycles. The number of rotatable bonds is 9. The Balaban J connectivity index is 2.17. The number of nitrogens with one attached hydrogen (secondary N) is 1. The van der Waals surface area contributed by atoms with Crippen LogP contribution >= 0.6 is 9.24 Å². The van der Waals surface area contributed by atoms with E-state index in [2.05, 4.69) is 19.7 Å². The summed E-state index contributed by atoms with van der Waals surface area (Å²) in [4.78, 5) is 24.8. The van der Waals surface area contributed by atoms with Gasteiger partial charge in [-0.1, -0.05) is 30.3 Å². The van der Waals surface area contributed by atoms with Gasteiger partial charge in [-0.05, 0) is 30.4 Å². The first-order chi connectivity index (χ1) is 16.4. The molecule has 0 aliphatic heterocycles. The van der Waals surface area contributed by atoms with Gasteiger partial charge in [-0.25, -0.2) is 18.2 Å². The molecule has 1 aromatic heterocycles. The molecule has 13 heteroatoms. The van der Waals surface area contributed by atoms with Gasteiger partial charge in [0.2, 0.25) is 15.9 Å². The van der Waals surface area contributed by atoms with Gasteiger partial charge in [0.1, 0.15) is 0 Å². The third-order valence-electron chi connectivity index (χ3n) is 4.94. The molecule has 1 unspecified atom stereocenters. The fourth-order valence-corrected chi connectivity index (χ4v) is 4.02. The van der Waals surface area contributed by atoms with E-state index in [-0.39, 0.29) is 28.3 Å². The van der Waals surface area contributed by atoms with E-state index in [9.17, 15) is 31.2 Å². The first-order valence-electron chi connectivity index (χ1n) is 10.3. The zero-order valence-corrected chi connectivity index (χ0v) is 20.2. The molecule has 1 heterocycles. The molecular formula is C22H22F3N4O4PS. The van der Waals surface area contributed by atoms with Gasteiger partial charge in [-0.15, -0.1) is 9.24 Å². The van der Waals surface area contributed by atoms with Crippen LogP contribution < -0.4 is 10.5 Å². The van der Waals surface area contributed by atoms with Gasteiger partial charge in [0, 0.05) is 24.9 Å². The van der Waals surface area contributed by atoms with Crippen molar-refractivity contribution in [2.24, 2.45) is 5.14 Å². The van der Waals surface area contributed by atoms with Crippen molar-refractivity contribution in [1.29, 1.82) is 0 Å². The maximum atomic E-state index is 14.0. The molecule has 0 bridgehead atoms. The fraction of sp³-hybridized carbons (Fsp3) is 0.227. The summed E-state index contributed by atoms with van der Waals surface area (Å²) in [6.07, 6.45) is -5.12. The summed E-state index contributed by atoms with van der Waals surface area (Å²) in [5.41, 5.74) is -1.84. The monoisotopic (exact) mass is 526 g/mol. The number of nitrogens with zero attached hydrogens (tertiary/aromatic N) is 2. The van der Waals surface area contributed by atoms with E-state index in [4.69, 9.17) is 5.14 Å². The smallest absolute Gasteiger partial charge is 0.356 e. The summed E-state index contributed by atoms with van der Waals surface area (Å²) < 4.78 is 66.1. The standard InChI is InChI=1S/C22H22F3N4O4PS/c23-22(24,25)21-19(17(30)10-11-18(31)27-12-13-34)20(14-4-2-1-3-5-14)29(28-21)15-6-8-16(9-7-15)35(26,32)33/h1-9H,10-13,34H2,(H,27,31)(H2,26,32,33). The number of amides is 1. The normalized spacial score (nSPS) is 11.9. The molecule has 3 rings (SSSR count). The van der Waals surface area contributed by atoms with E-state index >= 15 is 0 Å². The van der Waals surface area contributed by atoms with Crippen molar-refractivity contribution in [2.75, 3.05) is 12.7 Å². The zero-order chi connectivity index (χ0) is 25.8. The molecule has 0 aliphatic rings. The van der Waals surface area contributed by atoms with E-state index in [1.54, 1.807) is 18.2 Å². The third-order valence-corrected chi connectivity index (χ3v) is 6.15. The molecule has 0 radical (unpaired) electrons. The number of halogens is 3. The number of benzene rings is 2. The lowest BCUT2D eigenvalue weighted by Gasteiger charge is -2.11. The molecule has 0 spiro atoms. The number of nitrogens with two attached hydrogens (primary N) is 1. The highest BCUT2D eigenvalue weighted by Crippen LogP contribution is 2.38. The number of alkyl halides is 3. The molecule has 35 heavy (non-hydrogen) atoms. The summed E-state index contributed by atoms with van der Waals surface area (Å²) in [6.45, 7) is 0.354. The van der Waals surface area contributed by atoms with E-state index in [0.29, 0.717) is 12.7 Å². The number of hydrogen-bond donors (Lipinski definition) is 2. The first kappa shape index (κ1) is 26.5. The highest BCUT2D eigenvalue weighted by Gasteiger charge is 2.42. The molecule has 1 atom stereocenters. The number of carbonyl (C=O) groups is 2. The van der Waals surface area contributed by atoms with Crippen LogP contribution in [0, 0.1) is 0 Å². The van der Waals surface area contributed by atoms with Crippen LogP contribution in [0.5, 0.6) is 0 Å². The number of aromatic nitrogens is 2. The van der Waals surface area contributed by atoms with Crippen molar-refractivity contribution >= 4 is 31.0 Å². The van der Waals surface area contributed by atoms with E-state index in [0.717, 1.165) is 16.8 Å². The van der Waals surface area contributed by atoms with Gasteiger partial charge in [-0.2, -0.15) is 18.3 Å². The lowest BCUT2D eigenvalue weighted by atomic mass is 9.98. The zero-order valence-electron chi connectivity index (χ0n) is 18.2. The summed E-state index contributed by atoms with van der Waals surface area (Å²) in [5, 5.41) is 11.4. The second-order valence-corrected chi connectivity index (χ2v) is 9.59. The van der Waals surface area contributed by atoms with Gasteiger partial charge >= 0.3 is 6.18 Å². The van der Waals surface area contributed by atoms with Gasteiger partial charge in [0.15, 0.2) is 11.5 Å². The van der Waals surface area contributed by atoms with Gasteiger partial charge in [-0.3, -0.25) is 9.59 Å². The molecule has 0 saturated heterocycles. The number of hydrogen-bond acceptors (Lipinski definition) is 5. The largest absolute Gasteiger partial charge is 0.435 e. The van der Waals surface area contributed by atoms with Crippen LogP contribution in [0.3, 0.4) is 0 Å². The van der Waals surface area contributed by atoms with Crippen molar-refractivity contribution < 1.29 is 31.2 Å². The quantitative estimate of drug-likeness (QED) is 0.328. The van der Waals surface area contributed by atoms with Crippen LogP contribution in [-0.2, 0) is 21.0 Å². The van der Waals surface area contributed by atoms with Gasteiger partial charge < -0.3 is 5.32 Å². The second kappa shape index (κ2) is 10.7. The number of sulfonamides is 1. The van der Waals surface area contributed by atoms with Crippen molar-refractivity contribution in [1.82, 2.24) is 15.1 Å². The van der Waals surface area contributed by atoms with E-state index in [1.807, 2.05) is 0 Å². The highest BCUT2D eigenvalue weighted by atomic mass is 32.2. The molecule has 8 nitrogen and oxygen atoms in total. The lowest BCUT2D eigenvalue weighted by Crippen LogP contribution is -2.25. The molecule has 186 valence electrons. The van der Waals surface area contributed by atoms with Crippen LogP contribution in [0.15, 0.2) is 59.5 Å². The minimum Gasteiger partial charge on any atom is -0.356 e. The lowest BCUT2D eigenvalue weighted by molar-refractivity contribution is -0.141. The number of Topliss-reactive ketones (excluding diaryl/α,β-unsaturated/α-hetero) is 1. The predicted octanol–water partition coefficient (Wildman–Crippen LogP) is 3.16. The first-order valence-corrected chi connectivity index (χ1v) is 12.7. The Morgan fingerprint density at radius 1 is 1.03 bits per heavy atom. The third kappa shape index (κ3) is 6.33. The number of ketones is 1. The average molecular weight is 526 g/mol. The Morgan fingerprint density at radius 2 is 1.66 bits per heavy atom. The van der Waals surface area contributed by atoms with E-state index < -0.39 is 45.6 Å². The average Bonchev–Trinajstić information content (AvgIpc) is 3.22. The van der Waals surface area contributed by atoms with Crippen molar-refractivity contribution in [3.8, 4) is 16.9 Å². The Bertz CT molecular complexity index is 1330. The summed E-state index contributed by atoms with van der Waals surface area (Å²) >= 11 is 0. The van der Waals surface area contributed by atoms with Gasteiger partial charge in [0.25, 0.3) is 0 Å².